The quantitative estimate of drug-likeness (QED) is 0.817. The summed E-state index contributed by atoms with van der Waals surface area (Å²) in [6, 6.07) is 0.172. The lowest BCUT2D eigenvalue weighted by Gasteiger charge is -2.12. The molecule has 0 spiro atoms. The highest BCUT2D eigenvalue weighted by Gasteiger charge is 2.17. The summed E-state index contributed by atoms with van der Waals surface area (Å²) in [5.74, 6) is 1.03. The smallest absolute Gasteiger partial charge is 0.233 e. The van der Waals surface area contributed by atoms with Gasteiger partial charge in [0.15, 0.2) is 8.68 Å². The second-order valence-corrected chi connectivity index (χ2v) is 7.77. The minimum atomic E-state index is -0.134. The van der Waals surface area contributed by atoms with E-state index in [0.29, 0.717) is 0 Å². The molecule has 17 heavy (non-hydrogen) atoms. The SMILES string of the molecule is CCSc1nnc(SC(C)C(=O)NC(C)C)s1. The number of carbonyl (C=O) groups excluding carboxylic acids is 1. The lowest BCUT2D eigenvalue weighted by molar-refractivity contribution is -0.120. The van der Waals surface area contributed by atoms with E-state index in [0.717, 1.165) is 14.4 Å². The molecule has 96 valence electrons. The topological polar surface area (TPSA) is 54.9 Å². The third-order valence-electron chi connectivity index (χ3n) is 1.73. The lowest BCUT2D eigenvalue weighted by Crippen LogP contribution is -2.35. The van der Waals surface area contributed by atoms with Crippen LogP contribution in [-0.2, 0) is 4.79 Å². The van der Waals surface area contributed by atoms with Crippen LogP contribution >= 0.6 is 34.9 Å². The van der Waals surface area contributed by atoms with Crippen molar-refractivity contribution < 1.29 is 4.79 Å². The third kappa shape index (κ3) is 5.27. The zero-order valence-corrected chi connectivity index (χ0v) is 12.8. The molecule has 0 aliphatic rings. The molecule has 0 bridgehead atoms. The average Bonchev–Trinajstić information content (AvgIpc) is 2.65. The maximum absolute atomic E-state index is 11.7. The van der Waals surface area contributed by atoms with Gasteiger partial charge < -0.3 is 5.32 Å². The van der Waals surface area contributed by atoms with Crippen LogP contribution in [-0.4, -0.2) is 33.1 Å². The van der Waals surface area contributed by atoms with Gasteiger partial charge in [-0.1, -0.05) is 41.8 Å². The molecule has 1 rings (SSSR count). The predicted octanol–water partition coefficient (Wildman–Crippen LogP) is 2.66. The molecule has 0 fully saturated rings. The van der Waals surface area contributed by atoms with E-state index in [1.165, 1.54) is 11.8 Å². The van der Waals surface area contributed by atoms with Gasteiger partial charge in [0.25, 0.3) is 0 Å². The number of carbonyl (C=O) groups is 1. The van der Waals surface area contributed by atoms with Gasteiger partial charge in [0.1, 0.15) is 0 Å². The molecule has 1 amide bonds. The Bertz CT molecular complexity index is 367. The minimum Gasteiger partial charge on any atom is -0.353 e. The molecule has 1 atom stereocenters. The van der Waals surface area contributed by atoms with Gasteiger partial charge in [-0.2, -0.15) is 0 Å². The molecule has 7 heteroatoms. The molecule has 1 heterocycles. The van der Waals surface area contributed by atoms with E-state index in [1.54, 1.807) is 23.1 Å². The molecule has 0 aliphatic carbocycles. The summed E-state index contributed by atoms with van der Waals surface area (Å²) in [7, 11) is 0. The van der Waals surface area contributed by atoms with E-state index < -0.39 is 0 Å². The maximum Gasteiger partial charge on any atom is 0.233 e. The van der Waals surface area contributed by atoms with E-state index in [1.807, 2.05) is 20.8 Å². The van der Waals surface area contributed by atoms with Crippen molar-refractivity contribution in [3.05, 3.63) is 0 Å². The molecule has 0 saturated heterocycles. The Morgan fingerprint density at radius 1 is 1.35 bits per heavy atom. The standard InChI is InChI=1S/C10H17N3OS3/c1-5-15-9-12-13-10(17-9)16-7(4)8(14)11-6(2)3/h6-7H,5H2,1-4H3,(H,11,14). The number of rotatable bonds is 6. The van der Waals surface area contributed by atoms with Crippen LogP contribution in [0.25, 0.3) is 0 Å². The van der Waals surface area contributed by atoms with Crippen LogP contribution in [0.3, 0.4) is 0 Å². The van der Waals surface area contributed by atoms with Gasteiger partial charge in [-0.15, -0.1) is 10.2 Å². The molecule has 1 unspecified atom stereocenters. The summed E-state index contributed by atoms with van der Waals surface area (Å²) in [4.78, 5) is 11.7. The first-order valence-corrected chi connectivity index (χ1v) is 8.14. The van der Waals surface area contributed by atoms with E-state index >= 15 is 0 Å². The van der Waals surface area contributed by atoms with Crippen LogP contribution in [0, 0.1) is 0 Å². The van der Waals surface area contributed by atoms with Gasteiger partial charge in [0.2, 0.25) is 5.91 Å². The molecule has 0 aliphatic heterocycles. The highest BCUT2D eigenvalue weighted by atomic mass is 32.2. The fraction of sp³-hybridized carbons (Fsp3) is 0.700. The number of nitrogens with one attached hydrogen (secondary N) is 1. The second-order valence-electron chi connectivity index (χ2n) is 3.69. The van der Waals surface area contributed by atoms with Gasteiger partial charge in [-0.25, -0.2) is 0 Å². The summed E-state index contributed by atoms with van der Waals surface area (Å²) >= 11 is 4.68. The minimum absolute atomic E-state index is 0.0462. The van der Waals surface area contributed by atoms with Gasteiger partial charge >= 0.3 is 0 Å². The summed E-state index contributed by atoms with van der Waals surface area (Å²) in [5.41, 5.74) is 0. The zero-order chi connectivity index (χ0) is 12.8. The van der Waals surface area contributed by atoms with Crippen LogP contribution in [0.4, 0.5) is 0 Å². The van der Waals surface area contributed by atoms with Crippen LogP contribution < -0.4 is 5.32 Å². The Labute approximate surface area is 114 Å². The molecule has 4 nitrogen and oxygen atoms in total. The lowest BCUT2D eigenvalue weighted by atomic mass is 10.3. The number of hydrogen-bond donors (Lipinski definition) is 1. The van der Waals surface area contributed by atoms with E-state index in [4.69, 9.17) is 0 Å². The van der Waals surface area contributed by atoms with Crippen LogP contribution in [0.15, 0.2) is 8.68 Å². The van der Waals surface area contributed by atoms with Gasteiger partial charge in [-0.05, 0) is 26.5 Å². The fourth-order valence-electron chi connectivity index (χ4n) is 1.03. The third-order valence-corrected chi connectivity index (χ3v) is 4.86. The summed E-state index contributed by atoms with van der Waals surface area (Å²) in [6.45, 7) is 7.88. The van der Waals surface area contributed by atoms with Gasteiger partial charge in [0, 0.05) is 6.04 Å². The highest BCUT2D eigenvalue weighted by Crippen LogP contribution is 2.30. The Morgan fingerprint density at radius 3 is 2.59 bits per heavy atom. The van der Waals surface area contributed by atoms with Crippen LogP contribution in [0.5, 0.6) is 0 Å². The van der Waals surface area contributed by atoms with Crippen molar-refractivity contribution in [3.63, 3.8) is 0 Å². The Kier molecular flexibility index (Phi) is 6.29. The molecule has 0 radical (unpaired) electrons. The Hall–Kier alpha value is -0.270. The molecule has 1 aromatic heterocycles. The first kappa shape index (κ1) is 14.8. The second kappa shape index (κ2) is 7.23. The molecule has 1 aromatic rings. The molecular weight excluding hydrogens is 274 g/mol. The van der Waals surface area contributed by atoms with E-state index in [9.17, 15) is 4.79 Å². The number of thioether (sulfide) groups is 2. The predicted molar refractivity (Wildman–Crippen MR) is 74.9 cm³/mol. The maximum atomic E-state index is 11.7. The largest absolute Gasteiger partial charge is 0.353 e. The normalized spacial score (nSPS) is 12.8. The summed E-state index contributed by atoms with van der Waals surface area (Å²) < 4.78 is 1.82. The van der Waals surface area contributed by atoms with Crippen molar-refractivity contribution >= 4 is 40.8 Å². The average molecular weight is 291 g/mol. The van der Waals surface area contributed by atoms with E-state index in [-0.39, 0.29) is 17.2 Å². The molecule has 1 N–H and O–H groups in total. The highest BCUT2D eigenvalue weighted by molar-refractivity contribution is 8.03. The zero-order valence-electron chi connectivity index (χ0n) is 10.4. The number of hydrogen-bond acceptors (Lipinski definition) is 6. The number of amides is 1. The van der Waals surface area contributed by atoms with Crippen LogP contribution in [0.2, 0.25) is 0 Å². The number of aromatic nitrogens is 2. The molecule has 0 saturated carbocycles. The summed E-state index contributed by atoms with van der Waals surface area (Å²) in [6.07, 6.45) is 0. The van der Waals surface area contributed by atoms with Crippen molar-refractivity contribution in [2.24, 2.45) is 0 Å². The first-order chi connectivity index (χ1) is 8.02. The van der Waals surface area contributed by atoms with Crippen molar-refractivity contribution in [2.45, 2.75) is 47.7 Å². The Balaban J connectivity index is 2.49. The first-order valence-electron chi connectivity index (χ1n) is 5.46. The van der Waals surface area contributed by atoms with Crippen LogP contribution in [0.1, 0.15) is 27.7 Å². The molecule has 0 aromatic carbocycles. The van der Waals surface area contributed by atoms with Gasteiger partial charge in [-0.3, -0.25) is 4.79 Å². The molecular formula is C10H17N3OS3. The van der Waals surface area contributed by atoms with Crippen molar-refractivity contribution in [2.75, 3.05) is 5.75 Å². The Morgan fingerprint density at radius 2 is 2.00 bits per heavy atom. The van der Waals surface area contributed by atoms with Crippen molar-refractivity contribution in [1.82, 2.24) is 15.5 Å². The fourth-order valence-corrected chi connectivity index (χ4v) is 4.10. The monoisotopic (exact) mass is 291 g/mol. The summed E-state index contributed by atoms with van der Waals surface area (Å²) in [5, 5.41) is 10.9. The number of nitrogens with zero attached hydrogens (tertiary/aromatic N) is 2. The van der Waals surface area contributed by atoms with Crippen molar-refractivity contribution in [1.29, 1.82) is 0 Å². The van der Waals surface area contributed by atoms with Crippen molar-refractivity contribution in [3.8, 4) is 0 Å². The van der Waals surface area contributed by atoms with E-state index in [2.05, 4.69) is 22.4 Å². The van der Waals surface area contributed by atoms with Gasteiger partial charge in [0.05, 0.1) is 5.25 Å².